The molecule has 1 aromatic heterocycles. The number of imidazole rings is 1. The summed E-state index contributed by atoms with van der Waals surface area (Å²) in [6.45, 7) is 2.93. The lowest BCUT2D eigenvalue weighted by molar-refractivity contribution is 0.289. The van der Waals surface area contributed by atoms with Crippen molar-refractivity contribution in [3.63, 3.8) is 0 Å². The highest BCUT2D eigenvalue weighted by atomic mass is 32.2. The van der Waals surface area contributed by atoms with Crippen LogP contribution in [-0.2, 0) is 30.0 Å². The van der Waals surface area contributed by atoms with E-state index in [9.17, 15) is 12.8 Å². The number of benzene rings is 2. The highest BCUT2D eigenvalue weighted by Crippen LogP contribution is 2.26. The van der Waals surface area contributed by atoms with Gasteiger partial charge in [-0.2, -0.15) is 8.42 Å². The van der Waals surface area contributed by atoms with Gasteiger partial charge in [-0.1, -0.05) is 17.8 Å². The van der Waals surface area contributed by atoms with E-state index in [1.165, 1.54) is 17.7 Å². The van der Waals surface area contributed by atoms with Gasteiger partial charge in [0, 0.05) is 25.9 Å². The predicted octanol–water partition coefficient (Wildman–Crippen LogP) is 4.15. The molecule has 0 saturated heterocycles. The van der Waals surface area contributed by atoms with Crippen LogP contribution in [0, 0.1) is 5.82 Å². The van der Waals surface area contributed by atoms with Gasteiger partial charge in [0.25, 0.3) is 0 Å². The van der Waals surface area contributed by atoms with Gasteiger partial charge in [-0.25, -0.2) is 9.37 Å². The van der Waals surface area contributed by atoms with Gasteiger partial charge in [-0.3, -0.25) is 0 Å². The lowest BCUT2D eigenvalue weighted by Crippen LogP contribution is -2.27. The quantitative estimate of drug-likeness (QED) is 0.269. The fraction of sp³-hybridized carbons (Fsp3) is 0.375. The third kappa shape index (κ3) is 6.37. The Kier molecular flexibility index (Phi) is 7.41. The van der Waals surface area contributed by atoms with E-state index in [0.717, 1.165) is 72.9 Å². The van der Waals surface area contributed by atoms with Crippen LogP contribution in [0.25, 0.3) is 11.3 Å². The normalized spacial score (nSPS) is 14.6. The number of halogens is 1. The van der Waals surface area contributed by atoms with Crippen molar-refractivity contribution >= 4 is 21.9 Å². The van der Waals surface area contributed by atoms with Crippen LogP contribution in [-0.4, -0.2) is 54.5 Å². The van der Waals surface area contributed by atoms with Gasteiger partial charge in [-0.05, 0) is 78.9 Å². The SMILES string of the molecule is Cn1c(-c2ccc(F)cc2)cnc1SCCCN1CCc2ccc(OS(C)(=O)=O)cc2CC1. The minimum atomic E-state index is -3.52. The molecular weight excluding hydrogens is 461 g/mol. The second-order valence-electron chi connectivity index (χ2n) is 8.25. The summed E-state index contributed by atoms with van der Waals surface area (Å²) in [5.41, 5.74) is 4.35. The maximum Gasteiger partial charge on any atom is 0.306 e. The first-order valence-electron chi connectivity index (χ1n) is 10.9. The van der Waals surface area contributed by atoms with E-state index in [1.807, 2.05) is 25.4 Å². The zero-order valence-corrected chi connectivity index (χ0v) is 20.5. The van der Waals surface area contributed by atoms with Crippen LogP contribution in [0.5, 0.6) is 5.75 Å². The van der Waals surface area contributed by atoms with Crippen molar-refractivity contribution in [3.8, 4) is 17.0 Å². The largest absolute Gasteiger partial charge is 0.383 e. The molecule has 0 aliphatic carbocycles. The van der Waals surface area contributed by atoms with Crippen LogP contribution in [0.15, 0.2) is 53.8 Å². The summed E-state index contributed by atoms with van der Waals surface area (Å²) in [4.78, 5) is 7.00. The Balaban J connectivity index is 1.26. The molecule has 0 unspecified atom stereocenters. The first-order chi connectivity index (χ1) is 15.8. The first-order valence-corrected chi connectivity index (χ1v) is 13.7. The zero-order valence-electron chi connectivity index (χ0n) is 18.8. The van der Waals surface area contributed by atoms with E-state index in [4.69, 9.17) is 4.18 Å². The summed E-state index contributed by atoms with van der Waals surface area (Å²) < 4.78 is 43.1. The van der Waals surface area contributed by atoms with Crippen molar-refractivity contribution in [3.05, 3.63) is 65.6 Å². The molecule has 3 aromatic rings. The zero-order chi connectivity index (χ0) is 23.4. The molecule has 0 fully saturated rings. The van der Waals surface area contributed by atoms with E-state index < -0.39 is 10.1 Å². The first kappa shape index (κ1) is 23.8. The molecule has 0 bridgehead atoms. The fourth-order valence-electron chi connectivity index (χ4n) is 4.07. The predicted molar refractivity (Wildman–Crippen MR) is 130 cm³/mol. The molecule has 9 heteroatoms. The topological polar surface area (TPSA) is 64.4 Å². The monoisotopic (exact) mass is 489 g/mol. The Morgan fingerprint density at radius 2 is 1.82 bits per heavy atom. The van der Waals surface area contributed by atoms with Crippen molar-refractivity contribution in [2.45, 2.75) is 24.4 Å². The van der Waals surface area contributed by atoms with E-state index in [2.05, 4.69) is 14.5 Å². The maximum atomic E-state index is 13.2. The minimum Gasteiger partial charge on any atom is -0.383 e. The smallest absolute Gasteiger partial charge is 0.306 e. The van der Waals surface area contributed by atoms with E-state index in [0.29, 0.717) is 5.75 Å². The van der Waals surface area contributed by atoms with Crippen molar-refractivity contribution in [1.82, 2.24) is 14.5 Å². The van der Waals surface area contributed by atoms with Gasteiger partial charge in [0.15, 0.2) is 5.16 Å². The number of thioether (sulfide) groups is 1. The Morgan fingerprint density at radius 3 is 2.55 bits per heavy atom. The average Bonchev–Trinajstić information content (AvgIpc) is 3.00. The number of rotatable bonds is 8. The summed E-state index contributed by atoms with van der Waals surface area (Å²) in [5, 5.41) is 0.955. The minimum absolute atomic E-state index is 0.241. The van der Waals surface area contributed by atoms with Crippen LogP contribution in [0.4, 0.5) is 4.39 Å². The molecule has 2 aromatic carbocycles. The molecule has 0 N–H and O–H groups in total. The molecule has 6 nitrogen and oxygen atoms in total. The van der Waals surface area contributed by atoms with Gasteiger partial charge in [0.2, 0.25) is 0 Å². The van der Waals surface area contributed by atoms with Crippen LogP contribution in [0.3, 0.4) is 0 Å². The molecule has 1 aliphatic rings. The Labute approximate surface area is 198 Å². The highest BCUT2D eigenvalue weighted by molar-refractivity contribution is 7.99. The molecule has 1 aliphatic heterocycles. The second kappa shape index (κ2) is 10.3. The number of nitrogens with zero attached hydrogens (tertiary/aromatic N) is 3. The maximum absolute atomic E-state index is 13.2. The number of hydrogen-bond acceptors (Lipinski definition) is 6. The van der Waals surface area contributed by atoms with Crippen molar-refractivity contribution in [2.75, 3.05) is 31.6 Å². The van der Waals surface area contributed by atoms with Crippen molar-refractivity contribution < 1.29 is 17.0 Å². The molecule has 2 heterocycles. The molecule has 0 radical (unpaired) electrons. The Bertz CT molecular complexity index is 1210. The van der Waals surface area contributed by atoms with Crippen molar-refractivity contribution in [2.24, 2.45) is 7.05 Å². The van der Waals surface area contributed by atoms with Gasteiger partial charge < -0.3 is 13.7 Å². The van der Waals surface area contributed by atoms with Crippen LogP contribution in [0.1, 0.15) is 17.5 Å². The molecule has 0 saturated carbocycles. The van der Waals surface area contributed by atoms with E-state index in [-0.39, 0.29) is 5.82 Å². The standard InChI is InChI=1S/C24H28FN3O3S2/c1-27-23(19-4-7-21(25)8-5-19)17-26-24(27)32-15-3-12-28-13-10-18-6-9-22(31-33(2,29)30)16-20(18)11-14-28/h4-9,16-17H,3,10-15H2,1-2H3. The molecule has 0 spiro atoms. The summed E-state index contributed by atoms with van der Waals surface area (Å²) in [5.74, 6) is 1.11. The van der Waals surface area contributed by atoms with E-state index in [1.54, 1.807) is 30.0 Å². The highest BCUT2D eigenvalue weighted by Gasteiger charge is 2.16. The summed E-state index contributed by atoms with van der Waals surface area (Å²) in [6.07, 6.45) is 5.77. The lowest BCUT2D eigenvalue weighted by Gasteiger charge is -2.19. The van der Waals surface area contributed by atoms with Gasteiger partial charge in [0.05, 0.1) is 18.1 Å². The Morgan fingerprint density at radius 1 is 1.09 bits per heavy atom. The molecular formula is C24H28FN3O3S2. The number of aromatic nitrogens is 2. The van der Waals surface area contributed by atoms with E-state index >= 15 is 0 Å². The van der Waals surface area contributed by atoms with Gasteiger partial charge in [-0.15, -0.1) is 0 Å². The third-order valence-electron chi connectivity index (χ3n) is 5.76. The van der Waals surface area contributed by atoms with Crippen LogP contribution < -0.4 is 4.18 Å². The van der Waals surface area contributed by atoms with Crippen LogP contribution in [0.2, 0.25) is 0 Å². The van der Waals surface area contributed by atoms with Gasteiger partial charge >= 0.3 is 10.1 Å². The molecule has 0 atom stereocenters. The molecule has 176 valence electrons. The summed E-state index contributed by atoms with van der Waals surface area (Å²) in [6, 6.07) is 12.1. The van der Waals surface area contributed by atoms with Crippen molar-refractivity contribution in [1.29, 1.82) is 0 Å². The summed E-state index contributed by atoms with van der Waals surface area (Å²) in [7, 11) is -1.53. The number of fused-ring (bicyclic) bond motifs is 1. The van der Waals surface area contributed by atoms with Crippen LogP contribution >= 0.6 is 11.8 Å². The third-order valence-corrected chi connectivity index (χ3v) is 7.38. The van der Waals surface area contributed by atoms with Gasteiger partial charge in [0.1, 0.15) is 11.6 Å². The molecule has 33 heavy (non-hydrogen) atoms. The Hall–Kier alpha value is -2.36. The fourth-order valence-corrected chi connectivity index (χ4v) is 5.39. The second-order valence-corrected chi connectivity index (χ2v) is 10.9. The molecule has 0 amide bonds. The number of hydrogen-bond donors (Lipinski definition) is 0. The molecule has 4 rings (SSSR count). The average molecular weight is 490 g/mol. The summed E-state index contributed by atoms with van der Waals surface area (Å²) >= 11 is 1.73. The lowest BCUT2D eigenvalue weighted by atomic mass is 10.0.